The normalized spacial score (nSPS) is 10.7. The number of methoxy groups -OCH3 is 1. The van der Waals surface area contributed by atoms with Crippen LogP contribution in [-0.4, -0.2) is 43.7 Å². The van der Waals surface area contributed by atoms with E-state index < -0.39 is 0 Å². The van der Waals surface area contributed by atoms with Crippen molar-refractivity contribution >= 4 is 34.1 Å². The van der Waals surface area contributed by atoms with Crippen molar-refractivity contribution in [3.63, 3.8) is 0 Å². The first-order chi connectivity index (χ1) is 14.6. The van der Waals surface area contributed by atoms with Crippen molar-refractivity contribution in [2.24, 2.45) is 0 Å². The molecule has 30 heavy (non-hydrogen) atoms. The standard InChI is InChI=1S/C20H18N6O2S2/c1-13-22-25-20(26(13)15-6-4-3-5-7-15)29-12-17(27)21-19-24-23-18(30-19)14-8-10-16(28-2)11-9-14/h3-11H,12H2,1-2H3,(H,21,24,27). The molecule has 10 heteroatoms. The number of carbonyl (C=O) groups excluding carboxylic acids is 1. The Bertz CT molecular complexity index is 1140. The van der Waals surface area contributed by atoms with Gasteiger partial charge in [0.05, 0.1) is 12.9 Å². The molecule has 0 spiro atoms. The zero-order valence-corrected chi connectivity index (χ0v) is 17.9. The van der Waals surface area contributed by atoms with E-state index in [1.165, 1.54) is 23.1 Å². The molecule has 4 aromatic rings. The summed E-state index contributed by atoms with van der Waals surface area (Å²) in [4.78, 5) is 12.4. The lowest BCUT2D eigenvalue weighted by atomic mass is 10.2. The molecule has 1 amide bonds. The summed E-state index contributed by atoms with van der Waals surface area (Å²) in [6, 6.07) is 17.3. The summed E-state index contributed by atoms with van der Waals surface area (Å²) in [7, 11) is 1.62. The quantitative estimate of drug-likeness (QED) is 0.438. The summed E-state index contributed by atoms with van der Waals surface area (Å²) in [5.41, 5.74) is 1.87. The van der Waals surface area contributed by atoms with Gasteiger partial charge in [-0.1, -0.05) is 41.3 Å². The summed E-state index contributed by atoms with van der Waals surface area (Å²) in [5, 5.41) is 21.2. The van der Waals surface area contributed by atoms with Gasteiger partial charge in [-0.3, -0.25) is 14.7 Å². The highest BCUT2D eigenvalue weighted by Gasteiger charge is 2.15. The summed E-state index contributed by atoms with van der Waals surface area (Å²) < 4.78 is 7.08. The highest BCUT2D eigenvalue weighted by atomic mass is 32.2. The molecule has 0 radical (unpaired) electrons. The Balaban J connectivity index is 1.39. The van der Waals surface area contributed by atoms with Crippen LogP contribution in [0.4, 0.5) is 5.13 Å². The Morgan fingerprint density at radius 1 is 1.07 bits per heavy atom. The van der Waals surface area contributed by atoms with Crippen LogP contribution in [0.25, 0.3) is 16.3 Å². The number of aromatic nitrogens is 5. The van der Waals surface area contributed by atoms with Crippen LogP contribution in [0.5, 0.6) is 5.75 Å². The third kappa shape index (κ3) is 4.50. The number of anilines is 1. The molecule has 0 aliphatic rings. The zero-order chi connectivity index (χ0) is 20.9. The zero-order valence-electron chi connectivity index (χ0n) is 16.3. The van der Waals surface area contributed by atoms with Gasteiger partial charge in [0.2, 0.25) is 11.0 Å². The van der Waals surface area contributed by atoms with Crippen molar-refractivity contribution in [3.05, 3.63) is 60.4 Å². The van der Waals surface area contributed by atoms with Crippen LogP contribution in [-0.2, 0) is 4.79 Å². The van der Waals surface area contributed by atoms with Crippen LogP contribution in [0.2, 0.25) is 0 Å². The molecule has 2 aromatic heterocycles. The molecule has 8 nitrogen and oxygen atoms in total. The minimum atomic E-state index is -0.183. The number of nitrogens with one attached hydrogen (secondary N) is 1. The minimum absolute atomic E-state index is 0.183. The predicted octanol–water partition coefficient (Wildman–Crippen LogP) is 3.83. The second-order valence-corrected chi connectivity index (χ2v) is 8.10. The van der Waals surface area contributed by atoms with Gasteiger partial charge in [-0.2, -0.15) is 0 Å². The fourth-order valence-electron chi connectivity index (χ4n) is 2.72. The lowest BCUT2D eigenvalue weighted by molar-refractivity contribution is -0.113. The number of amides is 1. The second-order valence-electron chi connectivity index (χ2n) is 6.18. The number of aryl methyl sites for hydroxylation is 1. The van der Waals surface area contributed by atoms with Gasteiger partial charge in [-0.15, -0.1) is 20.4 Å². The number of ether oxygens (including phenoxy) is 1. The molecule has 0 unspecified atom stereocenters. The molecule has 0 aliphatic heterocycles. The summed E-state index contributed by atoms with van der Waals surface area (Å²) in [6.45, 7) is 1.88. The van der Waals surface area contributed by atoms with Crippen molar-refractivity contribution in [2.75, 3.05) is 18.2 Å². The van der Waals surface area contributed by atoms with E-state index in [1.54, 1.807) is 7.11 Å². The van der Waals surface area contributed by atoms with Gasteiger partial charge in [0.15, 0.2) is 5.16 Å². The topological polar surface area (TPSA) is 94.8 Å². The largest absolute Gasteiger partial charge is 0.497 e. The average molecular weight is 439 g/mol. The molecule has 0 fully saturated rings. The van der Waals surface area contributed by atoms with Crippen molar-refractivity contribution in [2.45, 2.75) is 12.1 Å². The fraction of sp³-hybridized carbons (Fsp3) is 0.150. The molecule has 0 bridgehead atoms. The summed E-state index contributed by atoms with van der Waals surface area (Å²) in [6.07, 6.45) is 0. The number of hydrogen-bond donors (Lipinski definition) is 1. The molecular formula is C20H18N6O2S2. The molecule has 1 N–H and O–H groups in total. The van der Waals surface area contributed by atoms with Gasteiger partial charge in [0, 0.05) is 11.3 Å². The van der Waals surface area contributed by atoms with E-state index in [2.05, 4.69) is 25.7 Å². The van der Waals surface area contributed by atoms with E-state index in [9.17, 15) is 4.79 Å². The third-order valence-electron chi connectivity index (χ3n) is 4.15. The highest BCUT2D eigenvalue weighted by molar-refractivity contribution is 7.99. The van der Waals surface area contributed by atoms with Gasteiger partial charge in [-0.05, 0) is 43.3 Å². The van der Waals surface area contributed by atoms with Crippen molar-refractivity contribution in [3.8, 4) is 22.0 Å². The maximum atomic E-state index is 12.4. The van der Waals surface area contributed by atoms with E-state index in [1.807, 2.05) is 66.1 Å². The first-order valence-corrected chi connectivity index (χ1v) is 10.8. The molecular weight excluding hydrogens is 420 g/mol. The van der Waals surface area contributed by atoms with Crippen molar-refractivity contribution in [1.29, 1.82) is 0 Å². The fourth-order valence-corrected chi connectivity index (χ4v) is 4.28. The number of carbonyl (C=O) groups is 1. The SMILES string of the molecule is COc1ccc(-c2nnc(NC(=O)CSc3nnc(C)n3-c3ccccc3)s2)cc1. The maximum absolute atomic E-state index is 12.4. The Morgan fingerprint density at radius 3 is 2.57 bits per heavy atom. The van der Waals surface area contributed by atoms with Gasteiger partial charge < -0.3 is 4.74 Å². The van der Waals surface area contributed by atoms with Crippen LogP contribution in [0.15, 0.2) is 59.8 Å². The molecule has 4 rings (SSSR count). The Hall–Kier alpha value is -3.24. The monoisotopic (exact) mass is 438 g/mol. The summed E-state index contributed by atoms with van der Waals surface area (Å²) in [5.74, 6) is 1.53. The molecule has 0 saturated heterocycles. The second kappa shape index (κ2) is 9.06. The number of rotatable bonds is 7. The molecule has 0 aliphatic carbocycles. The van der Waals surface area contributed by atoms with Crippen LogP contribution < -0.4 is 10.1 Å². The van der Waals surface area contributed by atoms with Crippen molar-refractivity contribution in [1.82, 2.24) is 25.0 Å². The van der Waals surface area contributed by atoms with Crippen LogP contribution in [0, 0.1) is 6.92 Å². The molecule has 2 heterocycles. The minimum Gasteiger partial charge on any atom is -0.497 e. The van der Waals surface area contributed by atoms with Gasteiger partial charge in [0.1, 0.15) is 16.6 Å². The third-order valence-corrected chi connectivity index (χ3v) is 5.97. The van der Waals surface area contributed by atoms with Crippen LogP contribution in [0.3, 0.4) is 0 Å². The Labute approximate surface area is 181 Å². The van der Waals surface area contributed by atoms with E-state index in [0.717, 1.165) is 27.8 Å². The molecule has 2 aromatic carbocycles. The predicted molar refractivity (Wildman–Crippen MR) is 117 cm³/mol. The smallest absolute Gasteiger partial charge is 0.236 e. The number of benzene rings is 2. The highest BCUT2D eigenvalue weighted by Crippen LogP contribution is 2.28. The van der Waals surface area contributed by atoms with Gasteiger partial charge in [0.25, 0.3) is 0 Å². The van der Waals surface area contributed by atoms with Gasteiger partial charge in [-0.25, -0.2) is 0 Å². The first kappa shape index (κ1) is 20.0. The number of thioether (sulfide) groups is 1. The van der Waals surface area contributed by atoms with Crippen molar-refractivity contribution < 1.29 is 9.53 Å². The molecule has 0 atom stereocenters. The molecule has 152 valence electrons. The number of para-hydroxylation sites is 1. The maximum Gasteiger partial charge on any atom is 0.236 e. The number of nitrogens with zero attached hydrogens (tertiary/aromatic N) is 5. The number of hydrogen-bond acceptors (Lipinski definition) is 8. The lowest BCUT2D eigenvalue weighted by Crippen LogP contribution is -2.14. The van der Waals surface area contributed by atoms with Crippen LogP contribution in [0.1, 0.15) is 5.82 Å². The first-order valence-electron chi connectivity index (χ1n) is 9.02. The van der Waals surface area contributed by atoms with E-state index >= 15 is 0 Å². The van der Waals surface area contributed by atoms with E-state index in [0.29, 0.717) is 10.3 Å². The Morgan fingerprint density at radius 2 is 1.83 bits per heavy atom. The van der Waals surface area contributed by atoms with E-state index in [4.69, 9.17) is 4.74 Å². The van der Waals surface area contributed by atoms with Gasteiger partial charge >= 0.3 is 0 Å². The van der Waals surface area contributed by atoms with Crippen LogP contribution >= 0.6 is 23.1 Å². The van der Waals surface area contributed by atoms with E-state index in [-0.39, 0.29) is 11.7 Å². The Kier molecular flexibility index (Phi) is 6.05. The summed E-state index contributed by atoms with van der Waals surface area (Å²) >= 11 is 2.63. The average Bonchev–Trinajstić information content (AvgIpc) is 3.39. The lowest BCUT2D eigenvalue weighted by Gasteiger charge is -2.07. The molecule has 0 saturated carbocycles.